The van der Waals surface area contributed by atoms with E-state index in [-0.39, 0.29) is 16.6 Å². The van der Waals surface area contributed by atoms with Crippen molar-refractivity contribution in [1.82, 2.24) is 0 Å². The van der Waals surface area contributed by atoms with Crippen LogP contribution in [0.15, 0.2) is 45.8 Å². The van der Waals surface area contributed by atoms with Crippen molar-refractivity contribution in [3.63, 3.8) is 0 Å². The van der Waals surface area contributed by atoms with Crippen molar-refractivity contribution in [2.75, 3.05) is 16.7 Å². The minimum absolute atomic E-state index is 0.00780. The zero-order valence-electron chi connectivity index (χ0n) is 15.3. The number of ether oxygens (including phenoxy) is 1. The van der Waals surface area contributed by atoms with E-state index in [4.69, 9.17) is 4.74 Å². The van der Waals surface area contributed by atoms with Crippen LogP contribution in [0.4, 0.5) is 11.4 Å². The highest BCUT2D eigenvalue weighted by Gasteiger charge is 2.35. The Labute approximate surface area is 167 Å². The Morgan fingerprint density at radius 3 is 2.63 bits per heavy atom. The number of hydrogen-bond donors (Lipinski definition) is 1. The van der Waals surface area contributed by atoms with Gasteiger partial charge >= 0.3 is 0 Å². The number of sulfonamides is 1. The van der Waals surface area contributed by atoms with Crippen LogP contribution >= 0.6 is 15.9 Å². The van der Waals surface area contributed by atoms with Crippen LogP contribution in [0.5, 0.6) is 5.75 Å². The molecule has 3 rings (SSSR count). The molecule has 1 unspecified atom stereocenters. The minimum atomic E-state index is -3.92. The summed E-state index contributed by atoms with van der Waals surface area (Å²) in [4.78, 5) is 13.8. The number of carbonyl (C=O) groups excluding carboxylic acids is 1. The van der Waals surface area contributed by atoms with Crippen LogP contribution < -0.4 is 14.4 Å². The molecule has 0 aliphatic carbocycles. The number of anilines is 2. The number of carbonyl (C=O) groups is 1. The molecule has 6 nitrogen and oxygen atoms in total. The molecule has 0 spiro atoms. The van der Waals surface area contributed by atoms with E-state index >= 15 is 0 Å². The zero-order valence-corrected chi connectivity index (χ0v) is 17.7. The van der Waals surface area contributed by atoms with Crippen molar-refractivity contribution in [3.05, 3.63) is 46.4 Å². The summed E-state index contributed by atoms with van der Waals surface area (Å²) in [5.74, 6) is -0.0126. The lowest BCUT2D eigenvalue weighted by molar-refractivity contribution is -0.126. The predicted octanol–water partition coefficient (Wildman–Crippen LogP) is 3.95. The van der Waals surface area contributed by atoms with Crippen molar-refractivity contribution in [2.24, 2.45) is 0 Å². The molecule has 0 radical (unpaired) electrons. The van der Waals surface area contributed by atoms with E-state index in [1.54, 1.807) is 25.2 Å². The van der Waals surface area contributed by atoms with Crippen LogP contribution in [0, 0.1) is 0 Å². The second kappa shape index (κ2) is 7.52. The SMILES string of the molecule is CCc1cccc(NS(=O)(=O)c2cc(Br)cc3c2OC(CC)C(=O)N3C)c1. The van der Waals surface area contributed by atoms with E-state index in [2.05, 4.69) is 20.7 Å². The van der Waals surface area contributed by atoms with E-state index in [0.29, 0.717) is 22.3 Å². The smallest absolute Gasteiger partial charge is 0.267 e. The van der Waals surface area contributed by atoms with Gasteiger partial charge in [-0.25, -0.2) is 8.42 Å². The molecular formula is C19H21BrN2O4S. The number of rotatable bonds is 5. The predicted molar refractivity (Wildman–Crippen MR) is 109 cm³/mol. The van der Waals surface area contributed by atoms with Crippen molar-refractivity contribution in [2.45, 2.75) is 37.7 Å². The summed E-state index contributed by atoms with van der Waals surface area (Å²) < 4.78 is 35.1. The van der Waals surface area contributed by atoms with Crippen LogP contribution in [0.1, 0.15) is 25.8 Å². The normalized spacial score (nSPS) is 16.7. The molecule has 1 aliphatic rings. The van der Waals surface area contributed by atoms with Gasteiger partial charge in [-0.3, -0.25) is 9.52 Å². The van der Waals surface area contributed by atoms with Gasteiger partial charge in [0.05, 0.1) is 5.69 Å². The number of benzene rings is 2. The van der Waals surface area contributed by atoms with Gasteiger partial charge in [0.25, 0.3) is 15.9 Å². The fourth-order valence-electron chi connectivity index (χ4n) is 2.97. The van der Waals surface area contributed by atoms with E-state index < -0.39 is 16.1 Å². The van der Waals surface area contributed by atoms with E-state index in [1.807, 2.05) is 26.0 Å². The fraction of sp³-hybridized carbons (Fsp3) is 0.316. The summed E-state index contributed by atoms with van der Waals surface area (Å²) >= 11 is 3.34. The van der Waals surface area contributed by atoms with E-state index in [9.17, 15) is 13.2 Å². The lowest BCUT2D eigenvalue weighted by atomic mass is 10.1. The maximum atomic E-state index is 13.1. The number of aryl methyl sites for hydroxylation is 1. The lowest BCUT2D eigenvalue weighted by Gasteiger charge is -2.32. The third kappa shape index (κ3) is 3.82. The Morgan fingerprint density at radius 2 is 1.96 bits per heavy atom. The average molecular weight is 453 g/mol. The van der Waals surface area contributed by atoms with Crippen LogP contribution in [0.25, 0.3) is 0 Å². The second-order valence-electron chi connectivity index (χ2n) is 6.32. The second-order valence-corrected chi connectivity index (χ2v) is 8.89. The van der Waals surface area contributed by atoms with Crippen molar-refractivity contribution >= 4 is 43.2 Å². The highest BCUT2D eigenvalue weighted by atomic mass is 79.9. The Hall–Kier alpha value is -2.06. The Bertz CT molecular complexity index is 991. The van der Waals surface area contributed by atoms with E-state index in [1.165, 1.54) is 11.0 Å². The minimum Gasteiger partial charge on any atom is -0.477 e. The molecule has 1 aliphatic heterocycles. The molecule has 27 heavy (non-hydrogen) atoms. The number of halogens is 1. The topological polar surface area (TPSA) is 75.7 Å². The third-order valence-electron chi connectivity index (χ3n) is 4.48. The molecule has 0 aromatic heterocycles. The van der Waals surface area contributed by atoms with Gasteiger partial charge in [0.15, 0.2) is 11.9 Å². The maximum absolute atomic E-state index is 13.1. The molecular weight excluding hydrogens is 432 g/mol. The highest BCUT2D eigenvalue weighted by molar-refractivity contribution is 9.10. The summed E-state index contributed by atoms with van der Waals surface area (Å²) in [5, 5.41) is 0. The highest BCUT2D eigenvalue weighted by Crippen LogP contribution is 2.42. The monoisotopic (exact) mass is 452 g/mol. The van der Waals surface area contributed by atoms with Crippen molar-refractivity contribution in [3.8, 4) is 5.75 Å². The first kappa shape index (κ1) is 19.7. The van der Waals surface area contributed by atoms with Gasteiger partial charge in [-0.15, -0.1) is 0 Å². The molecule has 2 aromatic rings. The molecule has 0 bridgehead atoms. The molecule has 0 saturated carbocycles. The Kier molecular flexibility index (Phi) is 5.48. The number of fused-ring (bicyclic) bond motifs is 1. The van der Waals surface area contributed by atoms with Crippen LogP contribution in [0.3, 0.4) is 0 Å². The molecule has 1 heterocycles. The first-order chi connectivity index (χ1) is 12.8. The Morgan fingerprint density at radius 1 is 1.22 bits per heavy atom. The fourth-order valence-corrected chi connectivity index (χ4v) is 4.80. The van der Waals surface area contributed by atoms with E-state index in [0.717, 1.165) is 12.0 Å². The Balaban J connectivity index is 2.08. The number of likely N-dealkylation sites (N-methyl/N-ethyl adjacent to an activating group) is 1. The van der Waals surface area contributed by atoms with Gasteiger partial charge in [-0.2, -0.15) is 0 Å². The van der Waals surface area contributed by atoms with Crippen LogP contribution in [0.2, 0.25) is 0 Å². The first-order valence-electron chi connectivity index (χ1n) is 8.66. The van der Waals surface area contributed by atoms with Crippen molar-refractivity contribution < 1.29 is 17.9 Å². The van der Waals surface area contributed by atoms with Gasteiger partial charge in [0.2, 0.25) is 0 Å². The van der Waals surface area contributed by atoms with Gasteiger partial charge in [0, 0.05) is 17.2 Å². The van der Waals surface area contributed by atoms with Crippen molar-refractivity contribution in [1.29, 1.82) is 0 Å². The van der Waals surface area contributed by atoms with Gasteiger partial charge in [-0.05, 0) is 42.7 Å². The molecule has 144 valence electrons. The molecule has 1 atom stereocenters. The maximum Gasteiger partial charge on any atom is 0.267 e. The average Bonchev–Trinajstić information content (AvgIpc) is 2.64. The summed E-state index contributed by atoms with van der Waals surface area (Å²) in [6.45, 7) is 3.83. The number of hydrogen-bond acceptors (Lipinski definition) is 4. The lowest BCUT2D eigenvalue weighted by Crippen LogP contribution is -2.43. The van der Waals surface area contributed by atoms with Gasteiger partial charge < -0.3 is 9.64 Å². The standard InChI is InChI=1S/C19H21BrN2O4S/c1-4-12-7-6-8-14(9-12)21-27(24,25)17-11-13(20)10-15-18(17)26-16(5-2)19(23)22(15)3/h6-11,16,21H,4-5H2,1-3H3. The molecule has 8 heteroatoms. The quantitative estimate of drug-likeness (QED) is 0.744. The first-order valence-corrected chi connectivity index (χ1v) is 10.9. The number of nitrogens with zero attached hydrogens (tertiary/aromatic N) is 1. The molecule has 0 fully saturated rings. The summed E-state index contributed by atoms with van der Waals surface area (Å²) in [6, 6.07) is 10.4. The molecule has 1 amide bonds. The zero-order chi connectivity index (χ0) is 19.8. The largest absolute Gasteiger partial charge is 0.477 e. The summed E-state index contributed by atoms with van der Waals surface area (Å²) in [7, 11) is -2.30. The molecule has 0 saturated heterocycles. The van der Waals surface area contributed by atoms with Gasteiger partial charge in [-0.1, -0.05) is 41.9 Å². The van der Waals surface area contributed by atoms with Gasteiger partial charge in [0.1, 0.15) is 4.90 Å². The van der Waals surface area contributed by atoms with Crippen LogP contribution in [-0.2, 0) is 21.2 Å². The number of amides is 1. The third-order valence-corrected chi connectivity index (χ3v) is 6.32. The summed E-state index contributed by atoms with van der Waals surface area (Å²) in [6.07, 6.45) is 0.543. The molecule has 2 aromatic carbocycles. The molecule has 1 N–H and O–H groups in total. The summed E-state index contributed by atoms with van der Waals surface area (Å²) in [5.41, 5.74) is 1.93. The van der Waals surface area contributed by atoms with Crippen LogP contribution in [-0.4, -0.2) is 27.5 Å². The number of nitrogens with one attached hydrogen (secondary N) is 1.